The van der Waals surface area contributed by atoms with Crippen LogP contribution in [0.2, 0.25) is 0 Å². The molecule has 0 saturated heterocycles. The molecule has 0 aliphatic heterocycles. The second-order valence-electron chi connectivity index (χ2n) is 4.13. The Kier molecular flexibility index (Phi) is 13.4. The summed E-state index contributed by atoms with van der Waals surface area (Å²) in [5.74, 6) is -9.45. The Bertz CT molecular complexity index is 423. The van der Waals surface area contributed by atoms with Crippen LogP contribution in [0.3, 0.4) is 0 Å². The van der Waals surface area contributed by atoms with Crippen LogP contribution in [0.25, 0.3) is 0 Å². The molecule has 0 saturated carbocycles. The molecule has 0 aliphatic rings. The van der Waals surface area contributed by atoms with Gasteiger partial charge in [0.05, 0.1) is 12.7 Å². The van der Waals surface area contributed by atoms with Gasteiger partial charge in [0.1, 0.15) is 0 Å². The molecule has 0 heterocycles. The van der Waals surface area contributed by atoms with Gasteiger partial charge >= 0.3 is 24.3 Å². The summed E-state index contributed by atoms with van der Waals surface area (Å²) in [7, 11) is 0. The van der Waals surface area contributed by atoms with Crippen molar-refractivity contribution in [3.05, 3.63) is 24.8 Å². The first-order valence-electron chi connectivity index (χ1n) is 5.95. The summed E-state index contributed by atoms with van der Waals surface area (Å²) < 4.78 is 92.9. The van der Waals surface area contributed by atoms with Gasteiger partial charge in [-0.3, -0.25) is 0 Å². The number of carbonyl (C=O) groups is 2. The summed E-state index contributed by atoms with van der Waals surface area (Å²) in [5.41, 5.74) is 0. The number of aliphatic hydroxyl groups excluding tert-OH is 2. The molecule has 1 atom stereocenters. The molecule has 4 N–H and O–H groups in total. The average Bonchev–Trinajstić information content (AvgIpc) is 2.42. The maximum Gasteiger partial charge on any atom is 0.400 e. The van der Waals surface area contributed by atoms with Gasteiger partial charge in [-0.1, -0.05) is 13.2 Å². The molecule has 6 nitrogen and oxygen atoms in total. The van der Waals surface area contributed by atoms with Gasteiger partial charge in [0.15, 0.2) is 5.92 Å². The first kappa shape index (κ1) is 28.6. The highest BCUT2D eigenvalue weighted by atomic mass is 19.4. The molecule has 0 fully saturated rings. The van der Waals surface area contributed by atoms with E-state index in [1.54, 1.807) is 0 Å². The minimum absolute atomic E-state index is 1.14. The zero-order chi connectivity index (χ0) is 21.9. The lowest BCUT2D eigenvalue weighted by atomic mass is 10.0. The minimum atomic E-state index is -5.46. The highest BCUT2D eigenvalue weighted by Gasteiger charge is 2.56. The van der Waals surface area contributed by atoms with E-state index in [9.17, 15) is 44.7 Å². The van der Waals surface area contributed by atoms with E-state index in [0.717, 1.165) is 0 Å². The predicted octanol–water partition coefficient (Wildman–Crippen LogP) is 2.58. The number of carboxylic acid groups (broad SMARTS) is 2. The molecule has 0 bridgehead atoms. The number of halogens is 8. The predicted molar refractivity (Wildman–Crippen MR) is 69.1 cm³/mol. The van der Waals surface area contributed by atoms with Gasteiger partial charge in [0.25, 0.3) is 0 Å². The van der Waals surface area contributed by atoms with Crippen molar-refractivity contribution in [3.63, 3.8) is 0 Å². The van der Waals surface area contributed by atoms with E-state index in [-0.39, 0.29) is 0 Å². The first-order valence-corrected chi connectivity index (χ1v) is 5.95. The van der Waals surface area contributed by atoms with Gasteiger partial charge in [0, 0.05) is 0 Å². The summed E-state index contributed by atoms with van der Waals surface area (Å²) in [5, 5.41) is 31.7. The van der Waals surface area contributed by atoms with Crippen molar-refractivity contribution >= 4 is 11.9 Å². The van der Waals surface area contributed by atoms with E-state index in [0.29, 0.717) is 0 Å². The Labute approximate surface area is 140 Å². The molecule has 14 heteroatoms. The Hall–Kier alpha value is -2.22. The summed E-state index contributed by atoms with van der Waals surface area (Å²) in [6.45, 7) is 3.84. The van der Waals surface area contributed by atoms with E-state index in [2.05, 4.69) is 13.2 Å². The standard InChI is InChI=1S/C6H8F6O2.2C3H3FO2/c7-5(8,9)4(6(10,11)12)1-3(14)2-13;2*1-2(4)3(5)6/h3-4,13-14H,1-2H2;2*1H2,(H,5,6). The molecule has 0 aliphatic carbocycles. The molecule has 0 aromatic rings. The van der Waals surface area contributed by atoms with Crippen molar-refractivity contribution in [1.82, 2.24) is 0 Å². The van der Waals surface area contributed by atoms with E-state index in [1.165, 1.54) is 0 Å². The van der Waals surface area contributed by atoms with E-state index < -0.39 is 61.0 Å². The van der Waals surface area contributed by atoms with Crippen LogP contribution < -0.4 is 0 Å². The SMILES string of the molecule is C=C(F)C(=O)O.C=C(F)C(=O)O.OCC(O)CC(C(F)(F)F)C(F)(F)F. The van der Waals surface area contributed by atoms with Gasteiger partial charge in [-0.25, -0.2) is 9.59 Å². The Morgan fingerprint density at radius 2 is 1.08 bits per heavy atom. The molecule has 26 heavy (non-hydrogen) atoms. The molecule has 0 radical (unpaired) electrons. The number of rotatable bonds is 5. The van der Waals surface area contributed by atoms with Crippen LogP contribution in [-0.2, 0) is 9.59 Å². The zero-order valence-corrected chi connectivity index (χ0v) is 12.6. The summed E-state index contributed by atoms with van der Waals surface area (Å²) in [4.78, 5) is 18.4. The fraction of sp³-hybridized carbons (Fsp3) is 0.500. The highest BCUT2D eigenvalue weighted by molar-refractivity contribution is 5.83. The van der Waals surface area contributed by atoms with E-state index >= 15 is 0 Å². The fourth-order valence-electron chi connectivity index (χ4n) is 0.799. The van der Waals surface area contributed by atoms with Crippen molar-refractivity contribution in [3.8, 4) is 0 Å². The second kappa shape index (κ2) is 12.2. The minimum Gasteiger partial charge on any atom is -0.476 e. The number of carboxylic acids is 2. The van der Waals surface area contributed by atoms with Gasteiger partial charge in [-0.15, -0.1) is 0 Å². The molecule has 0 spiro atoms. The molecule has 0 aromatic carbocycles. The zero-order valence-electron chi connectivity index (χ0n) is 12.6. The normalized spacial score (nSPS) is 12.1. The van der Waals surface area contributed by atoms with Gasteiger partial charge in [0.2, 0.25) is 11.7 Å². The van der Waals surface area contributed by atoms with Crippen LogP contribution in [0.1, 0.15) is 6.42 Å². The lowest BCUT2D eigenvalue weighted by Gasteiger charge is -2.24. The second-order valence-corrected chi connectivity index (χ2v) is 4.13. The third-order valence-electron chi connectivity index (χ3n) is 1.97. The van der Waals surface area contributed by atoms with Crippen LogP contribution >= 0.6 is 0 Å². The number of hydrogen-bond acceptors (Lipinski definition) is 4. The van der Waals surface area contributed by atoms with Crippen LogP contribution in [0.15, 0.2) is 24.8 Å². The summed E-state index contributed by atoms with van der Waals surface area (Å²) in [6.07, 6.45) is -14.5. The number of aliphatic hydroxyl groups is 2. The highest BCUT2D eigenvalue weighted by Crippen LogP contribution is 2.41. The lowest BCUT2D eigenvalue weighted by Crippen LogP contribution is -2.39. The molecule has 154 valence electrons. The quantitative estimate of drug-likeness (QED) is 0.412. The Morgan fingerprint density at radius 3 is 1.19 bits per heavy atom. The van der Waals surface area contributed by atoms with Crippen molar-refractivity contribution in [1.29, 1.82) is 0 Å². The molecule has 0 amide bonds. The van der Waals surface area contributed by atoms with Crippen LogP contribution in [-0.4, -0.2) is 57.4 Å². The van der Waals surface area contributed by atoms with Crippen LogP contribution in [0, 0.1) is 5.92 Å². The monoisotopic (exact) mass is 406 g/mol. The van der Waals surface area contributed by atoms with Crippen molar-refractivity contribution < 1.29 is 65.1 Å². The topological polar surface area (TPSA) is 115 Å². The largest absolute Gasteiger partial charge is 0.476 e. The van der Waals surface area contributed by atoms with Crippen molar-refractivity contribution in [2.24, 2.45) is 5.92 Å². The molecule has 0 rings (SSSR count). The Morgan fingerprint density at radius 1 is 0.846 bits per heavy atom. The number of aliphatic carboxylic acids is 2. The van der Waals surface area contributed by atoms with Crippen LogP contribution in [0.5, 0.6) is 0 Å². The molecular formula is C12H14F8O6. The van der Waals surface area contributed by atoms with Crippen molar-refractivity contribution in [2.45, 2.75) is 24.9 Å². The maximum atomic E-state index is 11.8. The maximum absolute atomic E-state index is 11.8. The number of alkyl halides is 6. The molecular weight excluding hydrogens is 392 g/mol. The number of hydrogen-bond donors (Lipinski definition) is 4. The van der Waals surface area contributed by atoms with Gasteiger partial charge in [-0.2, -0.15) is 35.1 Å². The first-order chi connectivity index (χ1) is 11.4. The van der Waals surface area contributed by atoms with Gasteiger partial charge < -0.3 is 20.4 Å². The molecule has 1 unspecified atom stereocenters. The Balaban J connectivity index is -0.000000364. The fourth-order valence-corrected chi connectivity index (χ4v) is 0.799. The third-order valence-corrected chi connectivity index (χ3v) is 1.97. The average molecular weight is 406 g/mol. The van der Waals surface area contributed by atoms with Crippen LogP contribution in [0.4, 0.5) is 35.1 Å². The molecule has 0 aromatic heterocycles. The summed E-state index contributed by atoms with van der Waals surface area (Å²) in [6, 6.07) is 0. The lowest BCUT2D eigenvalue weighted by molar-refractivity contribution is -0.290. The third kappa shape index (κ3) is 16.6. The smallest absolute Gasteiger partial charge is 0.400 e. The van der Waals surface area contributed by atoms with Gasteiger partial charge in [-0.05, 0) is 6.42 Å². The van der Waals surface area contributed by atoms with E-state index in [4.69, 9.17) is 20.4 Å². The van der Waals surface area contributed by atoms with E-state index in [1.807, 2.05) is 0 Å². The summed E-state index contributed by atoms with van der Waals surface area (Å²) >= 11 is 0. The van der Waals surface area contributed by atoms with Crippen molar-refractivity contribution in [2.75, 3.05) is 6.61 Å².